The monoisotopic (exact) mass is 321 g/mol. The molecule has 0 aliphatic carbocycles. The molecule has 1 saturated heterocycles. The summed E-state index contributed by atoms with van der Waals surface area (Å²) in [4.78, 5) is 24.9. The summed E-state index contributed by atoms with van der Waals surface area (Å²) in [6.45, 7) is 7.36. The van der Waals surface area contributed by atoms with E-state index in [1.165, 1.54) is 4.90 Å². The van der Waals surface area contributed by atoms with E-state index in [9.17, 15) is 14.7 Å². The van der Waals surface area contributed by atoms with E-state index in [-0.39, 0.29) is 19.1 Å². The van der Waals surface area contributed by atoms with Crippen molar-refractivity contribution in [1.82, 2.24) is 4.90 Å². The van der Waals surface area contributed by atoms with Gasteiger partial charge in [0.1, 0.15) is 23.5 Å². The summed E-state index contributed by atoms with van der Waals surface area (Å²) >= 11 is 0. The molecule has 6 heteroatoms. The van der Waals surface area contributed by atoms with Crippen LogP contribution in [0.4, 0.5) is 4.79 Å². The van der Waals surface area contributed by atoms with Gasteiger partial charge in [-0.2, -0.15) is 0 Å². The summed E-state index contributed by atoms with van der Waals surface area (Å²) in [7, 11) is 0. The van der Waals surface area contributed by atoms with E-state index < -0.39 is 23.7 Å². The fourth-order valence-electron chi connectivity index (χ4n) is 2.51. The molecule has 1 unspecified atom stereocenters. The lowest BCUT2D eigenvalue weighted by molar-refractivity contribution is -0.142. The highest BCUT2D eigenvalue weighted by Gasteiger charge is 2.42. The SMILES string of the molecule is Cc1ccccc1OC1C[C@@H](C(=O)O)N(C(=O)OC(C)(C)C)C1. The lowest BCUT2D eigenvalue weighted by Gasteiger charge is -2.26. The topological polar surface area (TPSA) is 76.1 Å². The van der Waals surface area contributed by atoms with E-state index in [2.05, 4.69) is 0 Å². The number of amides is 1. The van der Waals surface area contributed by atoms with Gasteiger partial charge in [0.05, 0.1) is 6.54 Å². The van der Waals surface area contributed by atoms with Crippen LogP contribution < -0.4 is 4.74 Å². The van der Waals surface area contributed by atoms with E-state index in [1.807, 2.05) is 31.2 Å². The van der Waals surface area contributed by atoms with Gasteiger partial charge in [-0.25, -0.2) is 9.59 Å². The van der Waals surface area contributed by atoms with E-state index in [1.54, 1.807) is 20.8 Å². The zero-order valence-corrected chi connectivity index (χ0v) is 13.9. The molecular weight excluding hydrogens is 298 g/mol. The Balaban J connectivity index is 2.10. The summed E-state index contributed by atoms with van der Waals surface area (Å²) < 4.78 is 11.2. The molecule has 6 nitrogen and oxygen atoms in total. The first kappa shape index (κ1) is 17.1. The van der Waals surface area contributed by atoms with Gasteiger partial charge in [-0.05, 0) is 39.3 Å². The van der Waals surface area contributed by atoms with E-state index >= 15 is 0 Å². The van der Waals surface area contributed by atoms with Gasteiger partial charge in [0.15, 0.2) is 0 Å². The third-order valence-corrected chi connectivity index (χ3v) is 3.56. The van der Waals surface area contributed by atoms with Gasteiger partial charge >= 0.3 is 12.1 Å². The molecule has 23 heavy (non-hydrogen) atoms. The highest BCUT2D eigenvalue weighted by molar-refractivity contribution is 5.81. The van der Waals surface area contributed by atoms with Gasteiger partial charge in [-0.1, -0.05) is 18.2 Å². The van der Waals surface area contributed by atoms with Crippen molar-refractivity contribution in [2.75, 3.05) is 6.54 Å². The number of rotatable bonds is 3. The third-order valence-electron chi connectivity index (χ3n) is 3.56. The Hall–Kier alpha value is -2.24. The number of hydrogen-bond donors (Lipinski definition) is 1. The lowest BCUT2D eigenvalue weighted by atomic mass is 10.2. The van der Waals surface area contributed by atoms with Gasteiger partial charge in [-0.15, -0.1) is 0 Å². The second-order valence-corrected chi connectivity index (χ2v) is 6.73. The van der Waals surface area contributed by atoms with Crippen molar-refractivity contribution in [3.05, 3.63) is 29.8 Å². The van der Waals surface area contributed by atoms with Gasteiger partial charge < -0.3 is 14.6 Å². The molecule has 1 aromatic carbocycles. The molecule has 0 bridgehead atoms. The Kier molecular flexibility index (Phi) is 4.82. The summed E-state index contributed by atoms with van der Waals surface area (Å²) in [5, 5.41) is 9.36. The number of para-hydroxylation sites is 1. The van der Waals surface area contributed by atoms with Gasteiger partial charge in [-0.3, -0.25) is 4.90 Å². The van der Waals surface area contributed by atoms with Crippen LogP contribution in [0.1, 0.15) is 32.8 Å². The Morgan fingerprint density at radius 3 is 2.48 bits per heavy atom. The maximum absolute atomic E-state index is 12.2. The summed E-state index contributed by atoms with van der Waals surface area (Å²) in [5.74, 6) is -0.348. The number of carbonyl (C=O) groups is 2. The molecule has 1 aromatic rings. The molecule has 1 amide bonds. The Morgan fingerprint density at radius 2 is 1.91 bits per heavy atom. The molecule has 1 aliphatic rings. The van der Waals surface area contributed by atoms with E-state index in [0.29, 0.717) is 5.75 Å². The first-order valence-corrected chi connectivity index (χ1v) is 7.62. The zero-order chi connectivity index (χ0) is 17.2. The number of carboxylic acids is 1. The third kappa shape index (κ3) is 4.37. The van der Waals surface area contributed by atoms with Crippen molar-refractivity contribution in [2.45, 2.75) is 51.9 Å². The second-order valence-electron chi connectivity index (χ2n) is 6.73. The fourth-order valence-corrected chi connectivity index (χ4v) is 2.51. The van der Waals surface area contributed by atoms with Crippen LogP contribution in [0.15, 0.2) is 24.3 Å². The van der Waals surface area contributed by atoms with Gasteiger partial charge in [0.2, 0.25) is 0 Å². The molecule has 0 spiro atoms. The largest absolute Gasteiger partial charge is 0.488 e. The van der Waals surface area contributed by atoms with Crippen molar-refractivity contribution >= 4 is 12.1 Å². The van der Waals surface area contributed by atoms with Crippen molar-refractivity contribution in [3.63, 3.8) is 0 Å². The molecule has 126 valence electrons. The molecule has 2 atom stereocenters. The summed E-state index contributed by atoms with van der Waals surface area (Å²) in [5.41, 5.74) is 0.296. The van der Waals surface area contributed by atoms with E-state index in [0.717, 1.165) is 5.56 Å². The standard InChI is InChI=1S/C17H23NO5/c1-11-7-5-6-8-14(11)22-12-9-13(15(19)20)18(10-12)16(21)23-17(2,3)4/h5-8,12-13H,9-10H2,1-4H3,(H,19,20)/t12?,13-/m0/s1. The molecule has 2 rings (SSSR count). The van der Waals surface area contributed by atoms with Crippen LogP contribution in [-0.2, 0) is 9.53 Å². The average molecular weight is 321 g/mol. The number of carboxylic acid groups (broad SMARTS) is 1. The van der Waals surface area contributed by atoms with Crippen LogP contribution in [0.2, 0.25) is 0 Å². The van der Waals surface area contributed by atoms with Crippen LogP contribution in [-0.4, -0.2) is 46.4 Å². The zero-order valence-electron chi connectivity index (χ0n) is 13.9. The first-order chi connectivity index (χ1) is 10.7. The normalized spacial score (nSPS) is 21.1. The maximum Gasteiger partial charge on any atom is 0.411 e. The number of aliphatic carboxylic acids is 1. The molecule has 1 N–H and O–H groups in total. The van der Waals surface area contributed by atoms with Crippen LogP contribution in [0.25, 0.3) is 0 Å². The number of nitrogens with zero attached hydrogens (tertiary/aromatic N) is 1. The van der Waals surface area contributed by atoms with E-state index in [4.69, 9.17) is 9.47 Å². The minimum Gasteiger partial charge on any atom is -0.488 e. The molecule has 1 heterocycles. The summed E-state index contributed by atoms with van der Waals surface area (Å²) in [6.07, 6.45) is -0.756. The van der Waals surface area contributed by atoms with Crippen LogP contribution >= 0.6 is 0 Å². The molecule has 1 fully saturated rings. The number of likely N-dealkylation sites (tertiary alicyclic amines) is 1. The predicted octanol–water partition coefficient (Wildman–Crippen LogP) is 2.84. The number of carbonyl (C=O) groups excluding carboxylic acids is 1. The van der Waals surface area contributed by atoms with Crippen molar-refractivity contribution < 1.29 is 24.2 Å². The predicted molar refractivity (Wildman–Crippen MR) is 84.6 cm³/mol. The van der Waals surface area contributed by atoms with Crippen LogP contribution in [0, 0.1) is 6.92 Å². The summed E-state index contributed by atoms with van der Waals surface area (Å²) in [6, 6.07) is 6.59. The minimum absolute atomic E-state index is 0.195. The Morgan fingerprint density at radius 1 is 1.26 bits per heavy atom. The minimum atomic E-state index is -1.05. The highest BCUT2D eigenvalue weighted by atomic mass is 16.6. The second kappa shape index (κ2) is 6.48. The molecule has 0 radical (unpaired) electrons. The quantitative estimate of drug-likeness (QED) is 0.926. The molecule has 0 aromatic heterocycles. The van der Waals surface area contributed by atoms with Crippen LogP contribution in [0.5, 0.6) is 5.75 Å². The lowest BCUT2D eigenvalue weighted by Crippen LogP contribution is -2.43. The smallest absolute Gasteiger partial charge is 0.411 e. The van der Waals surface area contributed by atoms with Gasteiger partial charge in [0.25, 0.3) is 0 Å². The van der Waals surface area contributed by atoms with Crippen molar-refractivity contribution in [2.24, 2.45) is 0 Å². The number of ether oxygens (including phenoxy) is 2. The maximum atomic E-state index is 12.2. The van der Waals surface area contributed by atoms with Gasteiger partial charge in [0, 0.05) is 6.42 Å². The number of benzene rings is 1. The number of hydrogen-bond acceptors (Lipinski definition) is 4. The fraction of sp³-hybridized carbons (Fsp3) is 0.529. The first-order valence-electron chi connectivity index (χ1n) is 7.62. The molecular formula is C17H23NO5. The van der Waals surface area contributed by atoms with Crippen LogP contribution in [0.3, 0.4) is 0 Å². The highest BCUT2D eigenvalue weighted by Crippen LogP contribution is 2.26. The molecule has 0 saturated carbocycles. The van der Waals surface area contributed by atoms with Crippen molar-refractivity contribution in [1.29, 1.82) is 0 Å². The Labute approximate surface area is 136 Å². The van der Waals surface area contributed by atoms with Crippen molar-refractivity contribution in [3.8, 4) is 5.75 Å². The average Bonchev–Trinajstić information content (AvgIpc) is 2.84. The number of aryl methyl sites for hydroxylation is 1. The molecule has 1 aliphatic heterocycles. The Bertz CT molecular complexity index is 593.